The summed E-state index contributed by atoms with van der Waals surface area (Å²) < 4.78 is 1.03. The average Bonchev–Trinajstić information content (AvgIpc) is 2.49. The number of aryl methyl sites for hydroxylation is 1. The lowest BCUT2D eigenvalue weighted by Gasteiger charge is -2.05. The van der Waals surface area contributed by atoms with Crippen LogP contribution >= 0.6 is 15.9 Å². The number of amides is 1. The van der Waals surface area contributed by atoms with Gasteiger partial charge >= 0.3 is 5.97 Å². The van der Waals surface area contributed by atoms with E-state index in [1.165, 1.54) is 23.9 Å². The molecule has 1 amide bonds. The zero-order valence-electron chi connectivity index (χ0n) is 11.8. The lowest BCUT2D eigenvalue weighted by molar-refractivity contribution is -0.116. The van der Waals surface area contributed by atoms with Crippen molar-refractivity contribution in [1.82, 2.24) is 4.98 Å². The maximum atomic E-state index is 11.8. The van der Waals surface area contributed by atoms with Crippen LogP contribution in [0.1, 0.15) is 28.8 Å². The molecule has 22 heavy (non-hydrogen) atoms. The normalized spacial score (nSPS) is 10.2. The molecule has 0 bridgehead atoms. The minimum absolute atomic E-state index is 0.0974. The van der Waals surface area contributed by atoms with Crippen LogP contribution in [0, 0.1) is 0 Å². The third kappa shape index (κ3) is 4.96. The van der Waals surface area contributed by atoms with Crippen molar-refractivity contribution in [3.8, 4) is 0 Å². The molecule has 6 heteroatoms. The van der Waals surface area contributed by atoms with Crippen LogP contribution < -0.4 is 5.32 Å². The number of hydrogen-bond donors (Lipinski definition) is 2. The molecule has 2 N–H and O–H groups in total. The number of pyridine rings is 1. The van der Waals surface area contributed by atoms with Gasteiger partial charge in [-0.05, 0) is 42.7 Å². The molecular formula is C16H15BrN2O3. The van der Waals surface area contributed by atoms with E-state index >= 15 is 0 Å². The Morgan fingerprint density at radius 2 is 1.91 bits per heavy atom. The number of nitrogens with one attached hydrogen (secondary N) is 1. The van der Waals surface area contributed by atoms with Gasteiger partial charge in [0.15, 0.2) is 0 Å². The zero-order valence-corrected chi connectivity index (χ0v) is 13.3. The van der Waals surface area contributed by atoms with Gasteiger partial charge in [0.25, 0.3) is 0 Å². The topological polar surface area (TPSA) is 79.3 Å². The smallest absolute Gasteiger partial charge is 0.335 e. The molecule has 0 saturated carbocycles. The highest BCUT2D eigenvalue weighted by Crippen LogP contribution is 2.13. The Morgan fingerprint density at radius 1 is 1.18 bits per heavy atom. The van der Waals surface area contributed by atoms with Crippen molar-refractivity contribution in [1.29, 1.82) is 0 Å². The summed E-state index contributed by atoms with van der Waals surface area (Å²) in [4.78, 5) is 26.6. The first-order chi connectivity index (χ1) is 10.5. The second-order valence-electron chi connectivity index (χ2n) is 4.76. The Kier molecular flexibility index (Phi) is 5.66. The van der Waals surface area contributed by atoms with Crippen molar-refractivity contribution in [3.63, 3.8) is 0 Å². The summed E-state index contributed by atoms with van der Waals surface area (Å²) in [6.07, 6.45) is 3.24. The fraction of sp³-hybridized carbons (Fsp3) is 0.188. The van der Waals surface area contributed by atoms with Crippen molar-refractivity contribution in [2.24, 2.45) is 0 Å². The molecule has 1 aromatic heterocycles. The molecule has 0 aliphatic heterocycles. The molecule has 0 aliphatic rings. The number of carboxylic acid groups (broad SMARTS) is 1. The highest BCUT2D eigenvalue weighted by atomic mass is 79.9. The van der Waals surface area contributed by atoms with E-state index in [-0.39, 0.29) is 17.3 Å². The maximum Gasteiger partial charge on any atom is 0.335 e. The number of nitrogens with zero attached hydrogens (tertiary/aromatic N) is 1. The van der Waals surface area contributed by atoms with Crippen molar-refractivity contribution in [2.75, 3.05) is 5.32 Å². The largest absolute Gasteiger partial charge is 0.478 e. The molecule has 114 valence electrons. The van der Waals surface area contributed by atoms with Crippen molar-refractivity contribution >= 4 is 33.6 Å². The predicted molar refractivity (Wildman–Crippen MR) is 86.9 cm³/mol. The number of aromatic nitrogens is 1. The lowest BCUT2D eigenvalue weighted by atomic mass is 10.1. The molecule has 0 spiro atoms. The van der Waals surface area contributed by atoms with Gasteiger partial charge in [-0.2, -0.15) is 0 Å². The van der Waals surface area contributed by atoms with Gasteiger partial charge in [0, 0.05) is 17.1 Å². The van der Waals surface area contributed by atoms with E-state index in [2.05, 4.69) is 26.2 Å². The highest BCUT2D eigenvalue weighted by Gasteiger charge is 2.07. The SMILES string of the molecule is O=C(CCCc1ccc(Br)cc1)Nc1cc(C(=O)O)ccn1. The molecule has 0 atom stereocenters. The summed E-state index contributed by atoms with van der Waals surface area (Å²) in [6, 6.07) is 10.7. The minimum Gasteiger partial charge on any atom is -0.478 e. The van der Waals surface area contributed by atoms with Gasteiger partial charge in [-0.15, -0.1) is 0 Å². The molecule has 1 heterocycles. The van der Waals surface area contributed by atoms with Crippen LogP contribution in [0.5, 0.6) is 0 Å². The molecule has 0 unspecified atom stereocenters. The number of benzene rings is 1. The number of hydrogen-bond acceptors (Lipinski definition) is 3. The Hall–Kier alpha value is -2.21. The monoisotopic (exact) mass is 362 g/mol. The van der Waals surface area contributed by atoms with Crippen molar-refractivity contribution in [3.05, 3.63) is 58.2 Å². The van der Waals surface area contributed by atoms with Gasteiger partial charge in [0.2, 0.25) is 5.91 Å². The van der Waals surface area contributed by atoms with Gasteiger partial charge in [-0.25, -0.2) is 9.78 Å². The second-order valence-corrected chi connectivity index (χ2v) is 5.68. The quantitative estimate of drug-likeness (QED) is 0.823. The van der Waals surface area contributed by atoms with Gasteiger partial charge in [-0.1, -0.05) is 28.1 Å². The summed E-state index contributed by atoms with van der Waals surface area (Å²) >= 11 is 3.38. The molecule has 0 saturated heterocycles. The Bertz CT molecular complexity index is 671. The Morgan fingerprint density at radius 3 is 2.59 bits per heavy atom. The fourth-order valence-corrected chi connectivity index (χ4v) is 2.21. The number of halogens is 1. The molecule has 1 aromatic carbocycles. The standard InChI is InChI=1S/C16H15BrN2O3/c17-13-6-4-11(5-7-13)2-1-3-15(20)19-14-10-12(16(21)22)8-9-18-14/h4-10H,1-3H2,(H,21,22)(H,18,19,20). The van der Waals surface area contributed by atoms with E-state index in [9.17, 15) is 9.59 Å². The Balaban J connectivity index is 1.81. The van der Waals surface area contributed by atoms with Gasteiger partial charge in [0.05, 0.1) is 5.56 Å². The van der Waals surface area contributed by atoms with E-state index in [1.54, 1.807) is 0 Å². The summed E-state index contributed by atoms with van der Waals surface area (Å²) in [5.41, 5.74) is 1.27. The Labute approximate surface area is 136 Å². The molecular weight excluding hydrogens is 348 g/mol. The van der Waals surface area contributed by atoms with Crippen molar-refractivity contribution in [2.45, 2.75) is 19.3 Å². The molecule has 0 radical (unpaired) electrons. The first kappa shape index (κ1) is 16.2. The number of carbonyl (C=O) groups excluding carboxylic acids is 1. The molecule has 0 aliphatic carbocycles. The molecule has 0 fully saturated rings. The number of carbonyl (C=O) groups is 2. The second kappa shape index (κ2) is 7.70. The lowest BCUT2D eigenvalue weighted by Crippen LogP contribution is -2.13. The first-order valence-corrected chi connectivity index (χ1v) is 7.57. The van der Waals surface area contributed by atoms with Crippen LogP contribution in [0.2, 0.25) is 0 Å². The summed E-state index contributed by atoms with van der Waals surface area (Å²) in [5.74, 6) is -0.964. The first-order valence-electron chi connectivity index (χ1n) is 6.78. The summed E-state index contributed by atoms with van der Waals surface area (Å²) in [7, 11) is 0. The third-order valence-electron chi connectivity index (χ3n) is 3.06. The number of carboxylic acids is 1. The van der Waals surface area contributed by atoms with Crippen LogP contribution in [-0.4, -0.2) is 22.0 Å². The molecule has 2 aromatic rings. The van der Waals surface area contributed by atoms with Crippen LogP contribution in [0.4, 0.5) is 5.82 Å². The fourth-order valence-electron chi connectivity index (χ4n) is 1.94. The highest BCUT2D eigenvalue weighted by molar-refractivity contribution is 9.10. The molecule has 2 rings (SSSR count). The minimum atomic E-state index is -1.05. The van der Waals surface area contributed by atoms with Crippen molar-refractivity contribution < 1.29 is 14.7 Å². The average molecular weight is 363 g/mol. The van der Waals surface area contributed by atoms with Crippen LogP contribution in [0.25, 0.3) is 0 Å². The van der Waals surface area contributed by atoms with E-state index in [0.29, 0.717) is 12.8 Å². The predicted octanol–water partition coefficient (Wildman–Crippen LogP) is 3.50. The van der Waals surface area contributed by atoms with Crippen LogP contribution in [-0.2, 0) is 11.2 Å². The van der Waals surface area contributed by atoms with Crippen LogP contribution in [0.15, 0.2) is 47.1 Å². The van der Waals surface area contributed by atoms with E-state index < -0.39 is 5.97 Å². The van der Waals surface area contributed by atoms with E-state index in [1.807, 2.05) is 24.3 Å². The van der Waals surface area contributed by atoms with E-state index in [4.69, 9.17) is 5.11 Å². The van der Waals surface area contributed by atoms with Gasteiger partial charge < -0.3 is 10.4 Å². The number of rotatable bonds is 6. The van der Waals surface area contributed by atoms with Gasteiger partial charge in [0.1, 0.15) is 5.82 Å². The molecule has 5 nitrogen and oxygen atoms in total. The summed E-state index contributed by atoms with van der Waals surface area (Å²) in [6.45, 7) is 0. The number of anilines is 1. The zero-order chi connectivity index (χ0) is 15.9. The van der Waals surface area contributed by atoms with Crippen LogP contribution in [0.3, 0.4) is 0 Å². The van der Waals surface area contributed by atoms with Gasteiger partial charge in [-0.3, -0.25) is 4.79 Å². The maximum absolute atomic E-state index is 11.8. The third-order valence-corrected chi connectivity index (χ3v) is 3.59. The number of aromatic carboxylic acids is 1. The van der Waals surface area contributed by atoms with E-state index in [0.717, 1.165) is 10.9 Å². The summed E-state index contributed by atoms with van der Waals surface area (Å²) in [5, 5.41) is 11.5.